The van der Waals surface area contributed by atoms with Crippen LogP contribution in [0, 0.1) is 0 Å². The van der Waals surface area contributed by atoms with Crippen molar-refractivity contribution < 1.29 is 18.3 Å². The van der Waals surface area contributed by atoms with Gasteiger partial charge in [0.15, 0.2) is 5.60 Å². The number of hydrogen-bond donors (Lipinski definition) is 1. The molecule has 1 fully saturated rings. The summed E-state index contributed by atoms with van der Waals surface area (Å²) in [4.78, 5) is 2.00. The number of nitrogens with zero attached hydrogens (tertiary/aromatic N) is 1. The number of likely N-dealkylation sites (tertiary alicyclic amines) is 1. The van der Waals surface area contributed by atoms with Crippen LogP contribution in [-0.4, -0.2) is 28.6 Å². The van der Waals surface area contributed by atoms with Crippen LogP contribution in [0.4, 0.5) is 13.2 Å². The maximum absolute atomic E-state index is 12.4. The van der Waals surface area contributed by atoms with Crippen molar-refractivity contribution in [1.29, 1.82) is 0 Å². The van der Waals surface area contributed by atoms with Gasteiger partial charge in [0, 0.05) is 7.05 Å². The Labute approximate surface area is 102 Å². The Hall–Kier alpha value is -1.14. The van der Waals surface area contributed by atoms with Crippen LogP contribution in [0.3, 0.4) is 0 Å². The van der Waals surface area contributed by atoms with Crippen molar-refractivity contribution in [2.75, 3.05) is 13.6 Å². The molecule has 92 valence electrons. The lowest BCUT2D eigenvalue weighted by Crippen LogP contribution is -2.61. The van der Waals surface area contributed by atoms with Crippen LogP contribution in [0.25, 0.3) is 0 Å². The molecule has 1 aromatic carbocycles. The molecule has 6 heteroatoms. The second kappa shape index (κ2) is 3.68. The molecule has 1 aliphatic heterocycles. The molecule has 1 aliphatic rings. The first-order valence-corrected chi connectivity index (χ1v) is 5.31. The molecule has 1 atom stereocenters. The number of rotatable bonds is 1. The van der Waals surface area contributed by atoms with Crippen molar-refractivity contribution >= 4 is 17.2 Å². The molecule has 0 amide bonds. The van der Waals surface area contributed by atoms with E-state index < -0.39 is 17.3 Å². The number of likely N-dealkylation sites (N-methyl/N-ethyl adjacent to an activating group) is 1. The van der Waals surface area contributed by atoms with Crippen LogP contribution in [0.2, 0.25) is 0 Å². The third-order valence-electron chi connectivity index (χ3n) is 2.86. The Bertz CT molecular complexity index is 457. The summed E-state index contributed by atoms with van der Waals surface area (Å²) < 4.78 is 37.1. The van der Waals surface area contributed by atoms with Crippen molar-refractivity contribution in [1.82, 2.24) is 4.90 Å². The van der Waals surface area contributed by atoms with Gasteiger partial charge in [0.2, 0.25) is 0 Å². The molecule has 17 heavy (non-hydrogen) atoms. The van der Waals surface area contributed by atoms with Crippen molar-refractivity contribution in [2.24, 2.45) is 0 Å². The molecule has 1 heterocycles. The zero-order valence-electron chi connectivity index (χ0n) is 8.95. The summed E-state index contributed by atoms with van der Waals surface area (Å²) in [7, 11) is 1.72. The zero-order valence-corrected chi connectivity index (χ0v) is 9.77. The first-order valence-electron chi connectivity index (χ1n) is 4.91. The van der Waals surface area contributed by atoms with Crippen LogP contribution >= 0.6 is 12.2 Å². The number of halogens is 3. The van der Waals surface area contributed by atoms with Gasteiger partial charge in [0.25, 0.3) is 0 Å². The number of hydrogen-bond acceptors (Lipinski definition) is 2. The highest BCUT2D eigenvalue weighted by atomic mass is 32.1. The third-order valence-corrected chi connectivity index (χ3v) is 3.51. The summed E-state index contributed by atoms with van der Waals surface area (Å²) in [5.74, 6) is 0. The molecule has 0 aromatic heterocycles. The van der Waals surface area contributed by atoms with Gasteiger partial charge in [0.1, 0.15) is 4.99 Å². The molecule has 1 N–H and O–H groups in total. The zero-order chi connectivity index (χ0) is 12.8. The summed E-state index contributed by atoms with van der Waals surface area (Å²) in [5.41, 5.74) is -1.63. The van der Waals surface area contributed by atoms with Crippen LogP contribution in [0.15, 0.2) is 24.3 Å². The van der Waals surface area contributed by atoms with Crippen LogP contribution in [-0.2, 0) is 11.8 Å². The van der Waals surface area contributed by atoms with Crippen LogP contribution in [0.5, 0.6) is 0 Å². The summed E-state index contributed by atoms with van der Waals surface area (Å²) in [5, 5.41) is 10.1. The minimum absolute atomic E-state index is 0.303. The number of alkyl halides is 3. The van der Waals surface area contributed by atoms with Crippen molar-refractivity contribution in [3.05, 3.63) is 35.4 Å². The van der Waals surface area contributed by atoms with Gasteiger partial charge in [0.05, 0.1) is 12.1 Å². The monoisotopic (exact) mass is 261 g/mol. The second-order valence-corrected chi connectivity index (χ2v) is 4.48. The highest BCUT2D eigenvalue weighted by molar-refractivity contribution is 7.80. The minimum atomic E-state index is -4.36. The van der Waals surface area contributed by atoms with E-state index >= 15 is 0 Å². The molecule has 2 nitrogen and oxygen atoms in total. The van der Waals surface area contributed by atoms with Gasteiger partial charge < -0.3 is 10.0 Å². The first-order chi connectivity index (χ1) is 7.75. The average Bonchev–Trinajstić information content (AvgIpc) is 2.27. The smallest absolute Gasteiger partial charge is 0.376 e. The van der Waals surface area contributed by atoms with Crippen molar-refractivity contribution in [2.45, 2.75) is 11.8 Å². The average molecular weight is 261 g/mol. The van der Waals surface area contributed by atoms with Gasteiger partial charge >= 0.3 is 6.18 Å². The van der Waals surface area contributed by atoms with Gasteiger partial charge in [-0.05, 0) is 17.7 Å². The predicted octanol–water partition coefficient (Wildman–Crippen LogP) is 2.17. The van der Waals surface area contributed by atoms with E-state index in [9.17, 15) is 18.3 Å². The fraction of sp³-hybridized carbons (Fsp3) is 0.364. The van der Waals surface area contributed by atoms with Gasteiger partial charge in [-0.15, -0.1) is 0 Å². The summed E-state index contributed by atoms with van der Waals surface area (Å²) in [6.45, 7) is 0.303. The van der Waals surface area contributed by atoms with Gasteiger partial charge in [-0.3, -0.25) is 0 Å². The van der Waals surface area contributed by atoms with E-state index in [2.05, 4.69) is 0 Å². The molecule has 0 saturated carbocycles. The van der Waals surface area contributed by atoms with Gasteiger partial charge in [-0.1, -0.05) is 24.4 Å². The third kappa shape index (κ3) is 1.91. The maximum Gasteiger partial charge on any atom is 0.416 e. The molecule has 0 aliphatic carbocycles. The van der Waals surface area contributed by atoms with E-state index in [1.54, 1.807) is 11.9 Å². The fourth-order valence-corrected chi connectivity index (χ4v) is 2.10. The fourth-order valence-electron chi connectivity index (χ4n) is 1.86. The highest BCUT2D eigenvalue weighted by Gasteiger charge is 2.46. The molecule has 2 rings (SSSR count). The van der Waals surface area contributed by atoms with Gasteiger partial charge in [-0.25, -0.2) is 0 Å². The van der Waals surface area contributed by atoms with Crippen molar-refractivity contribution in [3.63, 3.8) is 0 Å². The Balaban J connectivity index is 2.28. The lowest BCUT2D eigenvalue weighted by Gasteiger charge is -2.46. The van der Waals surface area contributed by atoms with E-state index in [1.807, 2.05) is 0 Å². The Morgan fingerprint density at radius 3 is 2.18 bits per heavy atom. The van der Waals surface area contributed by atoms with Gasteiger partial charge in [-0.2, -0.15) is 13.2 Å². The molecule has 0 spiro atoms. The predicted molar refractivity (Wildman–Crippen MR) is 60.6 cm³/mol. The molecule has 1 aromatic rings. The second-order valence-electron chi connectivity index (χ2n) is 4.10. The molecule has 0 bridgehead atoms. The van der Waals surface area contributed by atoms with Crippen LogP contribution < -0.4 is 0 Å². The summed E-state index contributed by atoms with van der Waals surface area (Å²) in [6.07, 6.45) is -4.36. The maximum atomic E-state index is 12.4. The highest BCUT2D eigenvalue weighted by Crippen LogP contribution is 2.35. The number of β-amino-alcohol motifs (C(OH)–C–C–N with tert-alkyl or cyclic N) is 1. The lowest BCUT2D eigenvalue weighted by atomic mass is 9.86. The standard InChI is InChI=1S/C11H10F3NOS/c1-15-6-10(16,9(15)17)7-2-4-8(5-3-7)11(12,13)14/h2-5,16H,6H2,1H3. The Morgan fingerprint density at radius 2 is 1.82 bits per heavy atom. The number of aliphatic hydroxyl groups is 1. The van der Waals surface area contributed by atoms with E-state index in [4.69, 9.17) is 12.2 Å². The first kappa shape index (κ1) is 12.3. The molecular formula is C11H10F3NOS. The molecule has 1 unspecified atom stereocenters. The molecule has 1 saturated heterocycles. The number of thiocarbonyl (C=S) groups is 1. The minimum Gasteiger partial charge on any atom is -0.376 e. The Kier molecular flexibility index (Phi) is 2.67. The van der Waals surface area contributed by atoms with E-state index in [-0.39, 0.29) is 0 Å². The van der Waals surface area contributed by atoms with Crippen molar-refractivity contribution in [3.8, 4) is 0 Å². The quantitative estimate of drug-likeness (QED) is 0.784. The molecular weight excluding hydrogens is 251 g/mol. The largest absolute Gasteiger partial charge is 0.416 e. The lowest BCUT2D eigenvalue weighted by molar-refractivity contribution is -0.137. The number of benzene rings is 1. The topological polar surface area (TPSA) is 23.5 Å². The summed E-state index contributed by atoms with van der Waals surface area (Å²) >= 11 is 4.98. The van der Waals surface area contributed by atoms with E-state index in [0.29, 0.717) is 17.1 Å². The van der Waals surface area contributed by atoms with E-state index in [1.165, 1.54) is 12.1 Å². The molecule has 0 radical (unpaired) electrons. The normalized spacial score (nSPS) is 24.8. The summed E-state index contributed by atoms with van der Waals surface area (Å²) in [6, 6.07) is 4.44. The Morgan fingerprint density at radius 1 is 1.29 bits per heavy atom. The van der Waals surface area contributed by atoms with E-state index in [0.717, 1.165) is 12.1 Å². The SMILES string of the molecule is CN1CC(O)(c2ccc(C(F)(F)F)cc2)C1=S. The van der Waals surface area contributed by atoms with Crippen LogP contribution in [0.1, 0.15) is 11.1 Å².